The summed E-state index contributed by atoms with van der Waals surface area (Å²) in [4.78, 5) is 26.8. The van der Waals surface area contributed by atoms with Gasteiger partial charge in [-0.2, -0.15) is 0 Å². The maximum absolute atomic E-state index is 14.3. The number of ketones is 1. The zero-order valence-electron chi connectivity index (χ0n) is 21.2. The van der Waals surface area contributed by atoms with Crippen molar-refractivity contribution in [2.24, 2.45) is 0 Å². The number of nitrogens with one attached hydrogen (secondary N) is 1. The number of hydrogen-bond acceptors (Lipinski definition) is 6. The summed E-state index contributed by atoms with van der Waals surface area (Å²) in [5, 5.41) is 3.32. The average Bonchev–Trinajstić information content (AvgIpc) is 2.87. The first-order valence-corrected chi connectivity index (χ1v) is 12.3. The summed E-state index contributed by atoms with van der Waals surface area (Å²) in [5.74, 6) is -0.531. The van der Waals surface area contributed by atoms with E-state index in [4.69, 9.17) is 14.2 Å². The second kappa shape index (κ2) is 11.0. The molecule has 0 radical (unpaired) electrons. The van der Waals surface area contributed by atoms with Crippen molar-refractivity contribution in [3.8, 4) is 11.5 Å². The molecule has 1 N–H and O–H groups in total. The Hall–Kier alpha value is -3.61. The highest BCUT2D eigenvalue weighted by Gasteiger charge is 2.41. The number of hydrogen-bond donors (Lipinski definition) is 1. The number of dihydropyridines is 1. The minimum atomic E-state index is -0.690. The molecule has 0 fully saturated rings. The Morgan fingerprint density at radius 3 is 2.53 bits per heavy atom. The predicted molar refractivity (Wildman–Crippen MR) is 134 cm³/mol. The number of esters is 1. The van der Waals surface area contributed by atoms with Crippen molar-refractivity contribution in [2.45, 2.75) is 51.4 Å². The number of benzene rings is 2. The quantitative estimate of drug-likeness (QED) is 0.384. The number of carbonyl (C=O) groups is 2. The molecular formula is C29H32FNO5. The van der Waals surface area contributed by atoms with E-state index in [1.807, 2.05) is 25.1 Å². The maximum Gasteiger partial charge on any atom is 0.336 e. The number of halogens is 1. The van der Waals surface area contributed by atoms with Crippen molar-refractivity contribution in [1.82, 2.24) is 5.32 Å². The van der Waals surface area contributed by atoms with Gasteiger partial charge in [0.1, 0.15) is 5.82 Å². The fraction of sp³-hybridized carbons (Fsp3) is 0.379. The molecule has 1 heterocycles. The first-order valence-electron chi connectivity index (χ1n) is 12.3. The van der Waals surface area contributed by atoms with E-state index in [9.17, 15) is 14.0 Å². The van der Waals surface area contributed by atoms with Gasteiger partial charge >= 0.3 is 5.97 Å². The molecule has 6 nitrogen and oxygen atoms in total. The van der Waals surface area contributed by atoms with Gasteiger partial charge in [-0.15, -0.1) is 0 Å². The van der Waals surface area contributed by atoms with E-state index < -0.39 is 17.7 Å². The van der Waals surface area contributed by atoms with Crippen LogP contribution in [0, 0.1) is 5.82 Å². The van der Waals surface area contributed by atoms with Crippen LogP contribution < -0.4 is 14.8 Å². The SMILES string of the molecule is CCCCOC(=O)C1=C(C)NC2=C(C(=O)C[C@@H](c3ccc(OC)c(OC)c3)C2)[C@@H]1c1cccc(F)c1. The van der Waals surface area contributed by atoms with Crippen LogP contribution in [-0.4, -0.2) is 32.6 Å². The number of methoxy groups -OCH3 is 2. The molecule has 0 saturated heterocycles. The molecule has 1 aliphatic carbocycles. The molecular weight excluding hydrogens is 461 g/mol. The Kier molecular flexibility index (Phi) is 7.77. The zero-order chi connectivity index (χ0) is 25.8. The minimum Gasteiger partial charge on any atom is -0.493 e. The zero-order valence-corrected chi connectivity index (χ0v) is 21.2. The van der Waals surface area contributed by atoms with Crippen LogP contribution in [0.1, 0.15) is 62.5 Å². The summed E-state index contributed by atoms with van der Waals surface area (Å²) >= 11 is 0. The normalized spacial score (nSPS) is 19.5. The molecule has 0 amide bonds. The highest BCUT2D eigenvalue weighted by Crippen LogP contribution is 2.46. The van der Waals surface area contributed by atoms with E-state index in [1.165, 1.54) is 12.1 Å². The molecule has 0 saturated carbocycles. The molecule has 0 unspecified atom stereocenters. The molecule has 0 spiro atoms. The van der Waals surface area contributed by atoms with Crippen LogP contribution in [0.3, 0.4) is 0 Å². The van der Waals surface area contributed by atoms with Gasteiger partial charge in [0.05, 0.1) is 26.4 Å². The lowest BCUT2D eigenvalue weighted by atomic mass is 9.71. The van der Waals surface area contributed by atoms with Gasteiger partial charge in [-0.25, -0.2) is 9.18 Å². The molecule has 2 aromatic carbocycles. The van der Waals surface area contributed by atoms with Crippen LogP contribution in [0.4, 0.5) is 4.39 Å². The number of unbranched alkanes of at least 4 members (excludes halogenated alkanes) is 1. The van der Waals surface area contributed by atoms with Gasteiger partial charge in [0, 0.05) is 29.3 Å². The third kappa shape index (κ3) is 5.01. The molecule has 1 aliphatic heterocycles. The van der Waals surface area contributed by atoms with Crippen LogP contribution in [-0.2, 0) is 14.3 Å². The second-order valence-electron chi connectivity index (χ2n) is 9.18. The highest BCUT2D eigenvalue weighted by molar-refractivity contribution is 6.04. The summed E-state index contributed by atoms with van der Waals surface area (Å²) in [6, 6.07) is 11.8. The Bertz CT molecular complexity index is 1230. The predicted octanol–water partition coefficient (Wildman–Crippen LogP) is 5.55. The number of Topliss-reactive ketones (excluding diaryl/α,β-unsaturated/α-hetero) is 1. The van der Waals surface area contributed by atoms with Crippen LogP contribution >= 0.6 is 0 Å². The van der Waals surface area contributed by atoms with Gasteiger partial charge in [-0.3, -0.25) is 4.79 Å². The molecule has 4 rings (SSSR count). The third-order valence-corrected chi connectivity index (χ3v) is 6.84. The molecule has 7 heteroatoms. The Morgan fingerprint density at radius 1 is 1.06 bits per heavy atom. The lowest BCUT2D eigenvalue weighted by Crippen LogP contribution is -2.36. The van der Waals surface area contributed by atoms with Crippen molar-refractivity contribution < 1.29 is 28.2 Å². The van der Waals surface area contributed by atoms with Crippen LogP contribution in [0.2, 0.25) is 0 Å². The second-order valence-corrected chi connectivity index (χ2v) is 9.18. The lowest BCUT2D eigenvalue weighted by molar-refractivity contribution is -0.139. The number of carbonyl (C=O) groups excluding carboxylic acids is 2. The summed E-state index contributed by atoms with van der Waals surface area (Å²) in [5.41, 5.74) is 3.75. The average molecular weight is 494 g/mol. The van der Waals surface area contributed by atoms with Crippen molar-refractivity contribution in [2.75, 3.05) is 20.8 Å². The molecule has 2 aromatic rings. The van der Waals surface area contributed by atoms with Crippen molar-refractivity contribution >= 4 is 11.8 Å². The van der Waals surface area contributed by atoms with Crippen molar-refractivity contribution in [3.05, 3.63) is 81.9 Å². The van der Waals surface area contributed by atoms with E-state index >= 15 is 0 Å². The minimum absolute atomic E-state index is 0.0795. The van der Waals surface area contributed by atoms with Crippen molar-refractivity contribution in [3.63, 3.8) is 0 Å². The molecule has 2 aliphatic rings. The van der Waals surface area contributed by atoms with E-state index in [1.54, 1.807) is 33.3 Å². The number of allylic oxidation sites excluding steroid dienone is 3. The standard InChI is InChI=1S/C29H32FNO5/c1-5-6-12-36-29(33)26-17(2)31-22-14-20(18-10-11-24(34-3)25(16-18)35-4)15-23(32)28(22)27(26)19-8-7-9-21(30)13-19/h7-11,13,16,20,27,31H,5-6,12,14-15H2,1-4H3/t20-,27+/m0/s1. The van der Waals surface area contributed by atoms with Gasteiger partial charge in [0.2, 0.25) is 0 Å². The Balaban J connectivity index is 1.74. The summed E-state index contributed by atoms with van der Waals surface area (Å²) in [7, 11) is 3.16. The first kappa shape index (κ1) is 25.5. The molecule has 2 atom stereocenters. The van der Waals surface area contributed by atoms with Gasteiger partial charge < -0.3 is 19.5 Å². The van der Waals surface area contributed by atoms with E-state index in [0.717, 1.165) is 24.1 Å². The van der Waals surface area contributed by atoms with E-state index in [2.05, 4.69) is 5.32 Å². The van der Waals surface area contributed by atoms with Crippen LogP contribution in [0.15, 0.2) is 65.0 Å². The van der Waals surface area contributed by atoms with Gasteiger partial charge in [0.25, 0.3) is 0 Å². The van der Waals surface area contributed by atoms with Crippen LogP contribution in [0.5, 0.6) is 11.5 Å². The Labute approximate surface area is 211 Å². The lowest BCUT2D eigenvalue weighted by Gasteiger charge is -2.36. The topological polar surface area (TPSA) is 73.9 Å². The number of rotatable bonds is 8. The third-order valence-electron chi connectivity index (χ3n) is 6.84. The first-order chi connectivity index (χ1) is 17.4. The molecule has 0 aromatic heterocycles. The van der Waals surface area contributed by atoms with Gasteiger partial charge in [-0.05, 0) is 61.1 Å². The van der Waals surface area contributed by atoms with E-state index in [0.29, 0.717) is 46.9 Å². The van der Waals surface area contributed by atoms with Gasteiger partial charge in [0.15, 0.2) is 17.3 Å². The fourth-order valence-electron chi connectivity index (χ4n) is 5.06. The molecule has 0 bridgehead atoms. The maximum atomic E-state index is 14.3. The van der Waals surface area contributed by atoms with Crippen LogP contribution in [0.25, 0.3) is 0 Å². The van der Waals surface area contributed by atoms with Crippen molar-refractivity contribution in [1.29, 1.82) is 0 Å². The highest BCUT2D eigenvalue weighted by atomic mass is 19.1. The smallest absolute Gasteiger partial charge is 0.336 e. The molecule has 36 heavy (non-hydrogen) atoms. The number of ether oxygens (including phenoxy) is 3. The van der Waals surface area contributed by atoms with E-state index in [-0.39, 0.29) is 18.1 Å². The molecule has 190 valence electrons. The summed E-state index contributed by atoms with van der Waals surface area (Å²) in [6.07, 6.45) is 2.47. The summed E-state index contributed by atoms with van der Waals surface area (Å²) < 4.78 is 30.6. The van der Waals surface area contributed by atoms with Gasteiger partial charge in [-0.1, -0.05) is 31.5 Å². The monoisotopic (exact) mass is 493 g/mol. The Morgan fingerprint density at radius 2 is 1.83 bits per heavy atom. The summed E-state index contributed by atoms with van der Waals surface area (Å²) in [6.45, 7) is 4.11. The largest absolute Gasteiger partial charge is 0.493 e. The fourth-order valence-corrected chi connectivity index (χ4v) is 5.06.